The molecule has 0 aliphatic carbocycles. The van der Waals surface area contributed by atoms with E-state index in [4.69, 9.17) is 15.2 Å². The predicted molar refractivity (Wildman–Crippen MR) is 74.7 cm³/mol. The van der Waals surface area contributed by atoms with E-state index >= 15 is 0 Å². The lowest BCUT2D eigenvalue weighted by Crippen LogP contribution is -1.99. The zero-order chi connectivity index (χ0) is 13.8. The maximum Gasteiger partial charge on any atom is 0.216 e. The summed E-state index contributed by atoms with van der Waals surface area (Å²) in [6.07, 6.45) is 1.66. The molecule has 2 rings (SSSR count). The van der Waals surface area contributed by atoms with Gasteiger partial charge in [-0.15, -0.1) is 0 Å². The molecule has 0 aliphatic rings. The van der Waals surface area contributed by atoms with Crippen LogP contribution in [0.5, 0.6) is 17.4 Å². The van der Waals surface area contributed by atoms with Crippen LogP contribution in [-0.2, 0) is 6.54 Å². The van der Waals surface area contributed by atoms with Gasteiger partial charge in [0.15, 0.2) is 0 Å². The number of rotatable bonds is 4. The molecule has 0 bridgehead atoms. The fourth-order valence-corrected chi connectivity index (χ4v) is 2.00. The monoisotopic (exact) mass is 258 g/mol. The second kappa shape index (κ2) is 5.71. The third-order valence-electron chi connectivity index (χ3n) is 2.89. The molecule has 0 fully saturated rings. The van der Waals surface area contributed by atoms with Crippen molar-refractivity contribution < 1.29 is 9.47 Å². The highest BCUT2D eigenvalue weighted by molar-refractivity contribution is 5.46. The molecule has 2 aromatic rings. The van der Waals surface area contributed by atoms with Gasteiger partial charge in [0.1, 0.15) is 11.5 Å². The van der Waals surface area contributed by atoms with Gasteiger partial charge in [-0.25, -0.2) is 4.98 Å². The minimum atomic E-state index is 0.533. The van der Waals surface area contributed by atoms with Crippen molar-refractivity contribution in [1.29, 1.82) is 0 Å². The summed E-state index contributed by atoms with van der Waals surface area (Å²) >= 11 is 0. The molecule has 0 saturated carbocycles. The van der Waals surface area contributed by atoms with Gasteiger partial charge in [0.25, 0.3) is 0 Å². The maximum atomic E-state index is 5.92. The van der Waals surface area contributed by atoms with E-state index < -0.39 is 0 Å². The molecule has 0 amide bonds. The summed E-state index contributed by atoms with van der Waals surface area (Å²) in [6.45, 7) is 4.56. The highest BCUT2D eigenvalue weighted by Crippen LogP contribution is 2.30. The van der Waals surface area contributed by atoms with Crippen LogP contribution in [0, 0.1) is 13.8 Å². The third-order valence-corrected chi connectivity index (χ3v) is 2.89. The van der Waals surface area contributed by atoms with Crippen LogP contribution >= 0.6 is 0 Å². The molecule has 0 spiro atoms. The molecule has 2 N–H and O–H groups in total. The van der Waals surface area contributed by atoms with E-state index in [9.17, 15) is 0 Å². The summed E-state index contributed by atoms with van der Waals surface area (Å²) in [6, 6.07) is 7.65. The van der Waals surface area contributed by atoms with Crippen LogP contribution in [0.15, 0.2) is 30.5 Å². The molecule has 100 valence electrons. The number of benzene rings is 1. The summed E-state index contributed by atoms with van der Waals surface area (Å²) in [5.74, 6) is 2.09. The molecule has 1 aromatic carbocycles. The fourth-order valence-electron chi connectivity index (χ4n) is 2.00. The summed E-state index contributed by atoms with van der Waals surface area (Å²) in [5.41, 5.74) is 8.90. The van der Waals surface area contributed by atoms with E-state index in [2.05, 4.69) is 4.98 Å². The van der Waals surface area contributed by atoms with Crippen molar-refractivity contribution in [3.63, 3.8) is 0 Å². The SMILES string of the molecule is COc1cc(Oc2c(C)cc(CN)cc2C)ccn1. The van der Waals surface area contributed by atoms with Crippen LogP contribution in [0.25, 0.3) is 0 Å². The average molecular weight is 258 g/mol. The van der Waals surface area contributed by atoms with E-state index in [0.717, 1.165) is 22.4 Å². The number of nitrogens with zero attached hydrogens (tertiary/aromatic N) is 1. The summed E-state index contributed by atoms with van der Waals surface area (Å²) < 4.78 is 11.0. The number of hydrogen-bond acceptors (Lipinski definition) is 4. The van der Waals surface area contributed by atoms with Gasteiger partial charge in [-0.2, -0.15) is 0 Å². The van der Waals surface area contributed by atoms with Crippen molar-refractivity contribution in [3.05, 3.63) is 47.2 Å². The molecular weight excluding hydrogens is 240 g/mol. The van der Waals surface area contributed by atoms with E-state index in [-0.39, 0.29) is 0 Å². The number of hydrogen-bond donors (Lipinski definition) is 1. The third kappa shape index (κ3) is 3.03. The molecule has 0 radical (unpaired) electrons. The van der Waals surface area contributed by atoms with Crippen LogP contribution in [0.1, 0.15) is 16.7 Å². The van der Waals surface area contributed by atoms with Crippen LogP contribution < -0.4 is 15.2 Å². The standard InChI is InChI=1S/C15H18N2O2/c1-10-6-12(9-16)7-11(2)15(10)19-13-4-5-17-14(8-13)18-3/h4-8H,9,16H2,1-3H3. The van der Waals surface area contributed by atoms with Gasteiger partial charge in [0.05, 0.1) is 7.11 Å². The minimum Gasteiger partial charge on any atom is -0.481 e. The number of aryl methyl sites for hydroxylation is 2. The van der Waals surface area contributed by atoms with Crippen LogP contribution in [0.4, 0.5) is 0 Å². The van der Waals surface area contributed by atoms with Gasteiger partial charge in [0.2, 0.25) is 5.88 Å². The molecule has 1 aromatic heterocycles. The van der Waals surface area contributed by atoms with E-state index in [0.29, 0.717) is 18.2 Å². The molecule has 0 atom stereocenters. The summed E-state index contributed by atoms with van der Waals surface area (Å²) in [5, 5.41) is 0. The molecular formula is C15H18N2O2. The average Bonchev–Trinajstić information content (AvgIpc) is 2.42. The predicted octanol–water partition coefficient (Wildman–Crippen LogP) is 2.96. The van der Waals surface area contributed by atoms with Crippen LogP contribution in [-0.4, -0.2) is 12.1 Å². The number of ether oxygens (including phenoxy) is 2. The first kappa shape index (κ1) is 13.4. The Morgan fingerprint density at radius 2 is 1.84 bits per heavy atom. The molecule has 0 aliphatic heterocycles. The quantitative estimate of drug-likeness (QED) is 0.916. The van der Waals surface area contributed by atoms with Crippen LogP contribution in [0.2, 0.25) is 0 Å². The number of nitrogens with two attached hydrogens (primary N) is 1. The second-order valence-corrected chi connectivity index (χ2v) is 4.40. The van der Waals surface area contributed by atoms with Crippen molar-refractivity contribution in [2.75, 3.05) is 7.11 Å². The highest BCUT2D eigenvalue weighted by atomic mass is 16.5. The number of aromatic nitrogens is 1. The van der Waals surface area contributed by atoms with Gasteiger partial charge in [-0.3, -0.25) is 0 Å². The number of pyridine rings is 1. The zero-order valence-electron chi connectivity index (χ0n) is 11.4. The Balaban J connectivity index is 2.32. The van der Waals surface area contributed by atoms with Gasteiger partial charge in [-0.1, -0.05) is 12.1 Å². The van der Waals surface area contributed by atoms with E-state index in [1.54, 1.807) is 25.4 Å². The van der Waals surface area contributed by atoms with Crippen molar-refractivity contribution >= 4 is 0 Å². The minimum absolute atomic E-state index is 0.533. The first-order valence-electron chi connectivity index (χ1n) is 6.12. The Hall–Kier alpha value is -2.07. The van der Waals surface area contributed by atoms with Crippen LogP contribution in [0.3, 0.4) is 0 Å². The number of methoxy groups -OCH3 is 1. The first-order chi connectivity index (χ1) is 9.13. The van der Waals surface area contributed by atoms with Gasteiger partial charge in [0, 0.05) is 18.8 Å². The smallest absolute Gasteiger partial charge is 0.216 e. The highest BCUT2D eigenvalue weighted by Gasteiger charge is 2.08. The topological polar surface area (TPSA) is 57.4 Å². The molecule has 4 nitrogen and oxygen atoms in total. The van der Waals surface area contributed by atoms with Crippen molar-refractivity contribution in [2.24, 2.45) is 5.73 Å². The van der Waals surface area contributed by atoms with E-state index in [1.165, 1.54) is 0 Å². The molecule has 0 saturated heterocycles. The lowest BCUT2D eigenvalue weighted by atomic mass is 10.1. The normalized spacial score (nSPS) is 10.3. The van der Waals surface area contributed by atoms with Crippen molar-refractivity contribution in [1.82, 2.24) is 4.98 Å². The first-order valence-corrected chi connectivity index (χ1v) is 6.12. The molecule has 4 heteroatoms. The second-order valence-electron chi connectivity index (χ2n) is 4.40. The largest absolute Gasteiger partial charge is 0.481 e. The summed E-state index contributed by atoms with van der Waals surface area (Å²) in [4.78, 5) is 4.05. The van der Waals surface area contributed by atoms with Gasteiger partial charge < -0.3 is 15.2 Å². The zero-order valence-corrected chi connectivity index (χ0v) is 11.4. The molecule has 19 heavy (non-hydrogen) atoms. The van der Waals surface area contributed by atoms with Crippen molar-refractivity contribution in [3.8, 4) is 17.4 Å². The molecule has 0 unspecified atom stereocenters. The lowest BCUT2D eigenvalue weighted by molar-refractivity contribution is 0.392. The van der Waals surface area contributed by atoms with Gasteiger partial charge >= 0.3 is 0 Å². The Kier molecular flexibility index (Phi) is 4.02. The van der Waals surface area contributed by atoms with E-state index in [1.807, 2.05) is 26.0 Å². The molecule has 1 heterocycles. The Labute approximate surface area is 113 Å². The van der Waals surface area contributed by atoms with Gasteiger partial charge in [-0.05, 0) is 36.6 Å². The Morgan fingerprint density at radius 3 is 2.42 bits per heavy atom. The summed E-state index contributed by atoms with van der Waals surface area (Å²) in [7, 11) is 1.58. The Bertz CT molecular complexity index is 559. The fraction of sp³-hybridized carbons (Fsp3) is 0.267. The Morgan fingerprint density at radius 1 is 1.16 bits per heavy atom. The van der Waals surface area contributed by atoms with Crippen molar-refractivity contribution in [2.45, 2.75) is 20.4 Å². The maximum absolute atomic E-state index is 5.92. The lowest BCUT2D eigenvalue weighted by Gasteiger charge is -2.13.